The van der Waals surface area contributed by atoms with Crippen LogP contribution in [0.25, 0.3) is 11.0 Å². The number of fused-ring (bicyclic) bond motifs is 1. The van der Waals surface area contributed by atoms with Gasteiger partial charge in [-0.25, -0.2) is 4.68 Å². The summed E-state index contributed by atoms with van der Waals surface area (Å²) in [6.45, 7) is 4.66. The minimum Gasteiger partial charge on any atom is -0.348 e. The number of nitrogens with zero attached hydrogens (tertiary/aromatic N) is 3. The fraction of sp³-hybridized carbons (Fsp3) is 0.500. The highest BCUT2D eigenvalue weighted by Gasteiger charge is 2.15. The van der Waals surface area contributed by atoms with E-state index in [1.165, 1.54) is 0 Å². The minimum atomic E-state index is -0.117. The first kappa shape index (κ1) is 17.4. The quantitative estimate of drug-likeness (QED) is 0.876. The molecule has 0 spiro atoms. The number of aromatic nitrogens is 3. The van der Waals surface area contributed by atoms with Gasteiger partial charge in [0.1, 0.15) is 5.52 Å². The molecular formula is C14H22ClN5O. The normalized spacial score (nSPS) is 12.2. The fourth-order valence-electron chi connectivity index (χ4n) is 2.23. The number of carbonyl (C=O) groups excluding carboxylic acids is 1. The van der Waals surface area contributed by atoms with Gasteiger partial charge in [0.15, 0.2) is 0 Å². The van der Waals surface area contributed by atoms with Gasteiger partial charge >= 0.3 is 0 Å². The summed E-state index contributed by atoms with van der Waals surface area (Å²) in [5, 5.41) is 10.9. The van der Waals surface area contributed by atoms with Gasteiger partial charge in [0.2, 0.25) is 0 Å². The molecule has 1 atom stereocenters. The molecule has 116 valence electrons. The lowest BCUT2D eigenvalue weighted by Crippen LogP contribution is -2.41. The lowest BCUT2D eigenvalue weighted by atomic mass is 10.0. The van der Waals surface area contributed by atoms with Gasteiger partial charge in [-0.1, -0.05) is 19.1 Å². The van der Waals surface area contributed by atoms with Crippen LogP contribution in [0.15, 0.2) is 18.2 Å². The Bertz CT molecular complexity index is 610. The average molecular weight is 312 g/mol. The summed E-state index contributed by atoms with van der Waals surface area (Å²) in [5.74, 6) is 0.375. The average Bonchev–Trinajstić information content (AvgIpc) is 2.78. The van der Waals surface area contributed by atoms with E-state index < -0.39 is 0 Å². The van der Waals surface area contributed by atoms with Crippen molar-refractivity contribution in [2.24, 2.45) is 18.7 Å². The maximum Gasteiger partial charge on any atom is 0.251 e. The molecular weight excluding hydrogens is 290 g/mol. The summed E-state index contributed by atoms with van der Waals surface area (Å²) in [5.41, 5.74) is 7.90. The number of nitrogens with one attached hydrogen (secondary N) is 1. The van der Waals surface area contributed by atoms with Gasteiger partial charge in [-0.15, -0.1) is 17.5 Å². The molecule has 0 saturated heterocycles. The van der Waals surface area contributed by atoms with Crippen molar-refractivity contribution in [3.8, 4) is 0 Å². The van der Waals surface area contributed by atoms with E-state index >= 15 is 0 Å². The number of carbonyl (C=O) groups is 1. The monoisotopic (exact) mass is 311 g/mol. The van der Waals surface area contributed by atoms with E-state index in [9.17, 15) is 4.79 Å². The van der Waals surface area contributed by atoms with E-state index in [1.54, 1.807) is 16.8 Å². The van der Waals surface area contributed by atoms with Crippen molar-refractivity contribution >= 4 is 29.3 Å². The van der Waals surface area contributed by atoms with Gasteiger partial charge in [-0.05, 0) is 30.5 Å². The Morgan fingerprint density at radius 1 is 1.43 bits per heavy atom. The van der Waals surface area contributed by atoms with Crippen LogP contribution in [0.4, 0.5) is 0 Å². The fourth-order valence-corrected chi connectivity index (χ4v) is 2.23. The highest BCUT2D eigenvalue weighted by atomic mass is 35.5. The molecule has 2 rings (SSSR count). The summed E-state index contributed by atoms with van der Waals surface area (Å²) in [6.07, 6.45) is 0.871. The number of hydrogen-bond acceptors (Lipinski definition) is 4. The van der Waals surface area contributed by atoms with E-state index in [0.29, 0.717) is 23.5 Å². The number of aryl methyl sites for hydroxylation is 1. The van der Waals surface area contributed by atoms with Crippen LogP contribution >= 0.6 is 12.4 Å². The predicted molar refractivity (Wildman–Crippen MR) is 85.5 cm³/mol. The molecule has 3 N–H and O–H groups in total. The van der Waals surface area contributed by atoms with Crippen molar-refractivity contribution in [3.05, 3.63) is 23.8 Å². The van der Waals surface area contributed by atoms with E-state index in [0.717, 1.165) is 11.9 Å². The lowest BCUT2D eigenvalue weighted by molar-refractivity contribution is 0.0934. The lowest BCUT2D eigenvalue weighted by Gasteiger charge is -2.18. The second kappa shape index (κ2) is 7.38. The molecule has 0 aliphatic heterocycles. The maximum absolute atomic E-state index is 12.2. The molecule has 1 amide bonds. The summed E-state index contributed by atoms with van der Waals surface area (Å²) in [4.78, 5) is 12.2. The second-order valence-corrected chi connectivity index (χ2v) is 5.45. The number of nitrogens with two attached hydrogens (primary N) is 1. The van der Waals surface area contributed by atoms with Gasteiger partial charge in [-0.2, -0.15) is 0 Å². The zero-order valence-electron chi connectivity index (χ0n) is 12.5. The van der Waals surface area contributed by atoms with Crippen molar-refractivity contribution in [2.75, 3.05) is 6.54 Å². The zero-order chi connectivity index (χ0) is 14.7. The smallest absolute Gasteiger partial charge is 0.251 e. The van der Waals surface area contributed by atoms with Crippen LogP contribution in [0.1, 0.15) is 30.6 Å². The first-order chi connectivity index (χ1) is 9.51. The van der Waals surface area contributed by atoms with Crippen LogP contribution in [0.2, 0.25) is 0 Å². The van der Waals surface area contributed by atoms with Gasteiger partial charge in [-0.3, -0.25) is 4.79 Å². The van der Waals surface area contributed by atoms with Crippen molar-refractivity contribution in [1.82, 2.24) is 20.3 Å². The van der Waals surface area contributed by atoms with Crippen molar-refractivity contribution in [3.63, 3.8) is 0 Å². The molecule has 0 bridgehead atoms. The maximum atomic E-state index is 12.2. The van der Waals surface area contributed by atoms with Crippen LogP contribution in [-0.4, -0.2) is 33.5 Å². The predicted octanol–water partition coefficient (Wildman–Crippen LogP) is 1.49. The van der Waals surface area contributed by atoms with Gasteiger partial charge in [0.05, 0.1) is 5.52 Å². The van der Waals surface area contributed by atoms with E-state index in [1.807, 2.05) is 13.1 Å². The van der Waals surface area contributed by atoms with Crippen molar-refractivity contribution < 1.29 is 4.79 Å². The van der Waals surface area contributed by atoms with Crippen LogP contribution in [-0.2, 0) is 7.05 Å². The molecule has 1 aromatic carbocycles. The molecule has 7 heteroatoms. The SMILES string of the molecule is CC(C)CC(CN)NC(=O)c1ccc2c(c1)nnn2C.Cl. The first-order valence-electron chi connectivity index (χ1n) is 6.81. The highest BCUT2D eigenvalue weighted by molar-refractivity contribution is 5.97. The summed E-state index contributed by atoms with van der Waals surface area (Å²) in [6, 6.07) is 5.38. The van der Waals surface area contributed by atoms with Gasteiger partial charge in [0.25, 0.3) is 5.91 Å². The number of benzene rings is 1. The summed E-state index contributed by atoms with van der Waals surface area (Å²) < 4.78 is 1.68. The third-order valence-electron chi connectivity index (χ3n) is 3.25. The van der Waals surface area contributed by atoms with Crippen LogP contribution in [0, 0.1) is 5.92 Å². The number of amides is 1. The summed E-state index contributed by atoms with van der Waals surface area (Å²) in [7, 11) is 1.82. The number of hydrogen-bond donors (Lipinski definition) is 2. The topological polar surface area (TPSA) is 85.8 Å². The third kappa shape index (κ3) is 4.15. The minimum absolute atomic E-state index is 0. The number of halogens is 1. The zero-order valence-corrected chi connectivity index (χ0v) is 13.4. The number of rotatable bonds is 5. The Balaban J connectivity index is 0.00000220. The van der Waals surface area contributed by atoms with Crippen molar-refractivity contribution in [1.29, 1.82) is 0 Å². The molecule has 0 aliphatic rings. The van der Waals surface area contributed by atoms with E-state index in [-0.39, 0.29) is 24.4 Å². The van der Waals surface area contributed by atoms with E-state index in [2.05, 4.69) is 29.5 Å². The van der Waals surface area contributed by atoms with Gasteiger partial charge in [0, 0.05) is 25.2 Å². The molecule has 0 fully saturated rings. The summed E-state index contributed by atoms with van der Waals surface area (Å²) >= 11 is 0. The molecule has 1 heterocycles. The van der Waals surface area contributed by atoms with Crippen LogP contribution in [0.5, 0.6) is 0 Å². The standard InChI is InChI=1S/C14H21N5O.ClH/c1-9(2)6-11(8-15)16-14(20)10-4-5-13-12(7-10)17-18-19(13)3;/h4-5,7,9,11H,6,8,15H2,1-3H3,(H,16,20);1H. The largest absolute Gasteiger partial charge is 0.348 e. The molecule has 0 saturated carbocycles. The Morgan fingerprint density at radius 2 is 2.14 bits per heavy atom. The molecule has 1 unspecified atom stereocenters. The Kier molecular flexibility index (Phi) is 6.11. The first-order valence-corrected chi connectivity index (χ1v) is 6.81. The van der Waals surface area contributed by atoms with Crippen molar-refractivity contribution in [2.45, 2.75) is 26.3 Å². The molecule has 2 aromatic rings. The van der Waals surface area contributed by atoms with Crippen LogP contribution in [0.3, 0.4) is 0 Å². The second-order valence-electron chi connectivity index (χ2n) is 5.45. The molecule has 0 radical (unpaired) electrons. The Hall–Kier alpha value is -1.66. The molecule has 0 aliphatic carbocycles. The third-order valence-corrected chi connectivity index (χ3v) is 3.25. The molecule has 21 heavy (non-hydrogen) atoms. The Morgan fingerprint density at radius 3 is 2.76 bits per heavy atom. The molecule has 6 nitrogen and oxygen atoms in total. The highest BCUT2D eigenvalue weighted by Crippen LogP contribution is 2.13. The van der Waals surface area contributed by atoms with E-state index in [4.69, 9.17) is 5.73 Å². The molecule has 1 aromatic heterocycles. The van der Waals surface area contributed by atoms with Gasteiger partial charge < -0.3 is 11.1 Å². The van der Waals surface area contributed by atoms with Crippen LogP contribution < -0.4 is 11.1 Å². The Labute approximate surface area is 130 Å².